The highest BCUT2D eigenvalue weighted by molar-refractivity contribution is 5.95. The van der Waals surface area contributed by atoms with Gasteiger partial charge in [-0.15, -0.1) is 0 Å². The van der Waals surface area contributed by atoms with E-state index >= 15 is 0 Å². The zero-order chi connectivity index (χ0) is 21.1. The van der Waals surface area contributed by atoms with Crippen LogP contribution >= 0.6 is 0 Å². The Morgan fingerprint density at radius 2 is 1.86 bits per heavy atom. The Labute approximate surface area is 169 Å². The van der Waals surface area contributed by atoms with E-state index in [1.807, 2.05) is 13.8 Å². The molecule has 2 amide bonds. The third-order valence-electron chi connectivity index (χ3n) is 4.87. The highest BCUT2D eigenvalue weighted by Crippen LogP contribution is 2.23. The molecule has 1 N–H and O–H groups in total. The Morgan fingerprint density at radius 3 is 2.48 bits per heavy atom. The molecule has 156 valence electrons. The van der Waals surface area contributed by atoms with Gasteiger partial charge in [-0.25, -0.2) is 4.39 Å². The molecule has 2 heterocycles. The Morgan fingerprint density at radius 1 is 1.21 bits per heavy atom. The van der Waals surface area contributed by atoms with E-state index in [0.717, 1.165) is 6.42 Å². The van der Waals surface area contributed by atoms with Crippen LogP contribution < -0.4 is 5.32 Å². The van der Waals surface area contributed by atoms with E-state index < -0.39 is 11.9 Å². The summed E-state index contributed by atoms with van der Waals surface area (Å²) in [5.74, 6) is -0.333. The number of halogens is 1. The van der Waals surface area contributed by atoms with Crippen molar-refractivity contribution < 1.29 is 18.5 Å². The van der Waals surface area contributed by atoms with Crippen molar-refractivity contribution in [1.29, 1.82) is 0 Å². The standard InChI is InChI=1S/C21H27FN4O3/c1-12(2)9-16-11-26(17(10-13(3)4)19(27)23-16)21(28)20-24-18(25-29-20)14-5-7-15(22)8-6-14/h5-8,12-13,16-17H,9-11H2,1-4H3,(H,23,27). The lowest BCUT2D eigenvalue weighted by Gasteiger charge is -2.40. The Balaban J connectivity index is 1.85. The number of rotatable bonds is 6. The predicted octanol–water partition coefficient (Wildman–Crippen LogP) is 3.28. The minimum Gasteiger partial charge on any atom is -0.350 e. The largest absolute Gasteiger partial charge is 0.350 e. The van der Waals surface area contributed by atoms with Gasteiger partial charge in [0, 0.05) is 18.2 Å². The number of nitrogens with one attached hydrogen (secondary N) is 1. The van der Waals surface area contributed by atoms with Crippen molar-refractivity contribution in [1.82, 2.24) is 20.4 Å². The number of benzene rings is 1. The highest BCUT2D eigenvalue weighted by Gasteiger charge is 2.39. The first-order valence-electron chi connectivity index (χ1n) is 9.95. The third kappa shape index (κ3) is 4.99. The second-order valence-corrected chi connectivity index (χ2v) is 8.37. The second kappa shape index (κ2) is 8.71. The first kappa shape index (κ1) is 21.0. The lowest BCUT2D eigenvalue weighted by molar-refractivity contribution is -0.130. The maximum absolute atomic E-state index is 13.2. The Bertz CT molecular complexity index is 863. The third-order valence-corrected chi connectivity index (χ3v) is 4.87. The van der Waals surface area contributed by atoms with E-state index in [4.69, 9.17) is 4.52 Å². The van der Waals surface area contributed by atoms with E-state index in [1.165, 1.54) is 24.3 Å². The quantitative estimate of drug-likeness (QED) is 0.801. The summed E-state index contributed by atoms with van der Waals surface area (Å²) in [5, 5.41) is 6.89. The minimum absolute atomic E-state index is 0.116. The van der Waals surface area contributed by atoms with Gasteiger partial charge in [0.1, 0.15) is 11.9 Å². The van der Waals surface area contributed by atoms with Gasteiger partial charge in [0.25, 0.3) is 0 Å². The molecule has 2 unspecified atom stereocenters. The Hall–Kier alpha value is -2.77. The van der Waals surface area contributed by atoms with Crippen LogP contribution in [0.5, 0.6) is 0 Å². The van der Waals surface area contributed by atoms with Crippen LogP contribution in [0.4, 0.5) is 4.39 Å². The lowest BCUT2D eigenvalue weighted by atomic mass is 9.95. The molecule has 1 saturated heterocycles. The number of hydrogen-bond donors (Lipinski definition) is 1. The minimum atomic E-state index is -0.577. The molecule has 0 aliphatic carbocycles. The van der Waals surface area contributed by atoms with Crippen LogP contribution in [-0.2, 0) is 4.79 Å². The fourth-order valence-electron chi connectivity index (χ4n) is 3.61. The average molecular weight is 402 g/mol. The van der Waals surface area contributed by atoms with Crippen molar-refractivity contribution in [3.63, 3.8) is 0 Å². The molecule has 0 saturated carbocycles. The molecule has 29 heavy (non-hydrogen) atoms. The molecule has 1 aromatic carbocycles. The maximum Gasteiger partial charge on any atom is 0.316 e. The van der Waals surface area contributed by atoms with Gasteiger partial charge >= 0.3 is 11.8 Å². The fourth-order valence-corrected chi connectivity index (χ4v) is 3.61. The topological polar surface area (TPSA) is 88.3 Å². The predicted molar refractivity (Wildman–Crippen MR) is 105 cm³/mol. The molecular formula is C21H27FN4O3. The van der Waals surface area contributed by atoms with E-state index in [1.54, 1.807) is 4.90 Å². The molecule has 1 aromatic heterocycles. The van der Waals surface area contributed by atoms with Crippen molar-refractivity contribution in [2.75, 3.05) is 6.54 Å². The molecule has 3 rings (SSSR count). The van der Waals surface area contributed by atoms with Crippen LogP contribution in [0.3, 0.4) is 0 Å². The molecule has 2 aromatic rings. The van der Waals surface area contributed by atoms with Crippen molar-refractivity contribution in [2.45, 2.75) is 52.6 Å². The smallest absolute Gasteiger partial charge is 0.316 e. The summed E-state index contributed by atoms with van der Waals surface area (Å²) in [5.41, 5.74) is 0.544. The van der Waals surface area contributed by atoms with Gasteiger partial charge in [0.05, 0.1) is 0 Å². The molecule has 7 nitrogen and oxygen atoms in total. The van der Waals surface area contributed by atoms with Crippen molar-refractivity contribution in [3.05, 3.63) is 36.0 Å². The molecule has 1 aliphatic rings. The summed E-state index contributed by atoms with van der Waals surface area (Å²) < 4.78 is 18.3. The molecule has 8 heteroatoms. The van der Waals surface area contributed by atoms with E-state index in [0.29, 0.717) is 24.4 Å². The first-order valence-corrected chi connectivity index (χ1v) is 9.95. The van der Waals surface area contributed by atoms with Gasteiger partial charge in [0.2, 0.25) is 11.7 Å². The van der Waals surface area contributed by atoms with Gasteiger partial charge in [0.15, 0.2) is 0 Å². The molecule has 2 atom stereocenters. The summed E-state index contributed by atoms with van der Waals surface area (Å²) in [6, 6.07) is 4.92. The number of hydrogen-bond acceptors (Lipinski definition) is 5. The van der Waals surface area contributed by atoms with E-state index in [2.05, 4.69) is 29.3 Å². The molecule has 0 spiro atoms. The van der Waals surface area contributed by atoms with E-state index in [9.17, 15) is 14.0 Å². The van der Waals surface area contributed by atoms with Crippen LogP contribution in [0, 0.1) is 17.7 Å². The van der Waals surface area contributed by atoms with Gasteiger partial charge in [-0.3, -0.25) is 9.59 Å². The van der Waals surface area contributed by atoms with Gasteiger partial charge < -0.3 is 14.7 Å². The number of nitrogens with zero attached hydrogens (tertiary/aromatic N) is 3. The van der Waals surface area contributed by atoms with Gasteiger partial charge in [-0.05, 0) is 48.9 Å². The number of amides is 2. The van der Waals surface area contributed by atoms with Crippen LogP contribution in [0.15, 0.2) is 28.8 Å². The van der Waals surface area contributed by atoms with Crippen molar-refractivity contribution in [2.24, 2.45) is 11.8 Å². The van der Waals surface area contributed by atoms with Crippen LogP contribution in [0.25, 0.3) is 11.4 Å². The second-order valence-electron chi connectivity index (χ2n) is 8.37. The SMILES string of the molecule is CC(C)CC1CN(C(=O)c2nc(-c3ccc(F)cc3)no2)C(CC(C)C)C(=O)N1. The van der Waals surface area contributed by atoms with Crippen LogP contribution in [-0.4, -0.2) is 45.5 Å². The fraction of sp³-hybridized carbons (Fsp3) is 0.524. The number of aromatic nitrogens is 2. The van der Waals surface area contributed by atoms with Crippen molar-refractivity contribution in [3.8, 4) is 11.4 Å². The van der Waals surface area contributed by atoms with Crippen LogP contribution in [0.2, 0.25) is 0 Å². The molecule has 0 bridgehead atoms. The first-order chi connectivity index (χ1) is 13.7. The highest BCUT2D eigenvalue weighted by atomic mass is 19.1. The lowest BCUT2D eigenvalue weighted by Crippen LogP contribution is -2.62. The summed E-state index contributed by atoms with van der Waals surface area (Å²) in [6.45, 7) is 8.57. The Kier molecular flexibility index (Phi) is 6.30. The number of carbonyl (C=O) groups excluding carboxylic acids is 2. The normalized spacial score (nSPS) is 19.7. The van der Waals surface area contributed by atoms with Crippen molar-refractivity contribution >= 4 is 11.8 Å². The summed E-state index contributed by atoms with van der Waals surface area (Å²) in [4.78, 5) is 31.6. The van der Waals surface area contributed by atoms with Gasteiger partial charge in [-0.1, -0.05) is 32.9 Å². The summed E-state index contributed by atoms with van der Waals surface area (Å²) in [6.07, 6.45) is 1.32. The maximum atomic E-state index is 13.2. The molecule has 1 fully saturated rings. The zero-order valence-electron chi connectivity index (χ0n) is 17.2. The number of piperazine rings is 1. The number of carbonyl (C=O) groups is 2. The van der Waals surface area contributed by atoms with Gasteiger partial charge in [-0.2, -0.15) is 4.98 Å². The van der Waals surface area contributed by atoms with E-state index in [-0.39, 0.29) is 35.4 Å². The summed E-state index contributed by atoms with van der Waals surface area (Å²) >= 11 is 0. The summed E-state index contributed by atoms with van der Waals surface area (Å²) in [7, 11) is 0. The average Bonchev–Trinajstić information content (AvgIpc) is 3.13. The van der Waals surface area contributed by atoms with Crippen LogP contribution in [0.1, 0.15) is 51.2 Å². The zero-order valence-corrected chi connectivity index (χ0v) is 17.2. The molecular weight excluding hydrogens is 375 g/mol. The molecule has 1 aliphatic heterocycles. The monoisotopic (exact) mass is 402 g/mol. The molecule has 0 radical (unpaired) electrons.